The molecule has 0 radical (unpaired) electrons. The molecule has 2 amide bonds. The van der Waals surface area contributed by atoms with Crippen molar-refractivity contribution in [3.05, 3.63) is 152 Å². The molecule has 14 heteroatoms. The molecule has 2 spiro atoms. The van der Waals surface area contributed by atoms with Crippen LogP contribution >= 0.6 is 23.2 Å². The number of anilines is 2. The van der Waals surface area contributed by atoms with Crippen molar-refractivity contribution in [1.29, 1.82) is 0 Å². The van der Waals surface area contributed by atoms with E-state index in [4.69, 9.17) is 33.2 Å². The van der Waals surface area contributed by atoms with Crippen LogP contribution in [-0.2, 0) is 49.4 Å². The van der Waals surface area contributed by atoms with E-state index in [2.05, 4.69) is 85.1 Å². The molecule has 0 N–H and O–H groups in total. The Hall–Kier alpha value is -6.24. The van der Waals surface area contributed by atoms with Gasteiger partial charge in [0.15, 0.2) is 0 Å². The first-order chi connectivity index (χ1) is 35.6. The fraction of sp³-hybridized carbons (Fsp3) is 0.433. The summed E-state index contributed by atoms with van der Waals surface area (Å²) in [6.07, 6.45) is 14.8. The molecule has 4 fully saturated rings. The molecule has 6 aromatic rings. The van der Waals surface area contributed by atoms with E-state index in [1.54, 1.807) is 0 Å². The van der Waals surface area contributed by atoms with Crippen LogP contribution in [-0.4, -0.2) is 104 Å². The number of fused-ring (bicyclic) bond motifs is 2. The van der Waals surface area contributed by atoms with Crippen LogP contribution in [0.15, 0.2) is 86.2 Å². The van der Waals surface area contributed by atoms with E-state index in [1.807, 2.05) is 69.9 Å². The summed E-state index contributed by atoms with van der Waals surface area (Å²) >= 11 is 13.6. The van der Waals surface area contributed by atoms with Gasteiger partial charge in [-0.1, -0.05) is 72.8 Å². The summed E-state index contributed by atoms with van der Waals surface area (Å²) in [7, 11) is 4.09. The maximum atomic E-state index is 12.1. The fourth-order valence-electron chi connectivity index (χ4n) is 14.0. The van der Waals surface area contributed by atoms with Gasteiger partial charge < -0.3 is 19.6 Å². The predicted octanol–water partition coefficient (Wildman–Crippen LogP) is 10.5. The van der Waals surface area contributed by atoms with E-state index in [1.165, 1.54) is 79.4 Å². The van der Waals surface area contributed by atoms with Gasteiger partial charge in [-0.2, -0.15) is 10.2 Å². The highest BCUT2D eigenvalue weighted by Gasteiger charge is 2.51. The molecule has 0 saturated carbocycles. The van der Waals surface area contributed by atoms with Crippen molar-refractivity contribution in [2.75, 3.05) is 62.2 Å². The zero-order chi connectivity index (χ0) is 51.8. The minimum atomic E-state index is 0.0321. The Kier molecular flexibility index (Phi) is 13.1. The zero-order valence-corrected chi connectivity index (χ0v) is 45.4. The van der Waals surface area contributed by atoms with Crippen LogP contribution in [0.1, 0.15) is 93.7 Å². The van der Waals surface area contributed by atoms with E-state index < -0.39 is 0 Å². The highest BCUT2D eigenvalue weighted by atomic mass is 35.5. The van der Waals surface area contributed by atoms with Crippen molar-refractivity contribution in [3.63, 3.8) is 0 Å². The van der Waals surface area contributed by atoms with Gasteiger partial charge >= 0.3 is 0 Å². The first-order valence-corrected chi connectivity index (χ1v) is 27.2. The third-order valence-electron chi connectivity index (χ3n) is 17.5. The number of benzene rings is 2. The van der Waals surface area contributed by atoms with Gasteiger partial charge in [0.2, 0.25) is 11.8 Å². The molecular formula is C60H68Cl2N10O2. The van der Waals surface area contributed by atoms with Crippen LogP contribution in [0.5, 0.6) is 0 Å². The second-order valence-electron chi connectivity index (χ2n) is 22.4. The fourth-order valence-corrected chi connectivity index (χ4v) is 14.4. The van der Waals surface area contributed by atoms with Crippen molar-refractivity contribution in [2.24, 2.45) is 24.9 Å². The van der Waals surface area contributed by atoms with Crippen molar-refractivity contribution in [3.8, 4) is 22.3 Å². The number of nitrogens with zero attached hydrogens (tertiary/aromatic N) is 10. The number of rotatable bonds is 8. The van der Waals surface area contributed by atoms with Gasteiger partial charge in [0.05, 0.1) is 12.4 Å². The van der Waals surface area contributed by atoms with E-state index in [9.17, 15) is 9.59 Å². The Bertz CT molecular complexity index is 2980. The summed E-state index contributed by atoms with van der Waals surface area (Å²) < 4.78 is 4.07. The van der Waals surface area contributed by atoms with Gasteiger partial charge in [-0.3, -0.25) is 19.0 Å². The molecule has 8 heterocycles. The van der Waals surface area contributed by atoms with Gasteiger partial charge in [-0.15, -0.1) is 0 Å². The van der Waals surface area contributed by atoms with Crippen LogP contribution in [0.25, 0.3) is 22.3 Å². The van der Waals surface area contributed by atoms with E-state index in [0.29, 0.717) is 11.8 Å². The molecule has 0 bridgehead atoms. The van der Waals surface area contributed by atoms with Crippen LogP contribution in [0, 0.1) is 38.5 Å². The van der Waals surface area contributed by atoms with Gasteiger partial charge in [-0.05, 0) is 148 Å². The highest BCUT2D eigenvalue weighted by Crippen LogP contribution is 2.49. The van der Waals surface area contributed by atoms with E-state index >= 15 is 0 Å². The lowest BCUT2D eigenvalue weighted by Gasteiger charge is -2.47. The second-order valence-corrected chi connectivity index (χ2v) is 23.2. The Morgan fingerprint density at radius 2 is 1.00 bits per heavy atom. The Morgan fingerprint density at radius 3 is 1.35 bits per heavy atom. The van der Waals surface area contributed by atoms with Crippen molar-refractivity contribution in [1.82, 2.24) is 39.3 Å². The van der Waals surface area contributed by atoms with Crippen LogP contribution < -0.4 is 9.80 Å². The third kappa shape index (κ3) is 8.73. The quantitative estimate of drug-likeness (QED) is 0.139. The number of hydrogen-bond donors (Lipinski definition) is 0. The lowest BCUT2D eigenvalue weighted by molar-refractivity contribution is -0.137. The molecule has 2 aromatic carbocycles. The lowest BCUT2D eigenvalue weighted by Crippen LogP contribution is -2.59. The lowest BCUT2D eigenvalue weighted by atomic mass is 9.79. The molecule has 6 aliphatic rings. The molecule has 4 aromatic heterocycles. The number of likely N-dealkylation sites (tertiary alicyclic amines) is 2. The second kappa shape index (κ2) is 19.5. The Balaban J connectivity index is 0.000000159. The largest absolute Gasteiger partial charge is 0.356 e. The number of carbonyl (C=O) groups is 2. The monoisotopic (exact) mass is 1030 g/mol. The molecule has 2 atom stereocenters. The van der Waals surface area contributed by atoms with Crippen LogP contribution in [0.4, 0.5) is 11.6 Å². The summed E-state index contributed by atoms with van der Waals surface area (Å²) in [4.78, 5) is 43.6. The summed E-state index contributed by atoms with van der Waals surface area (Å²) in [6, 6.07) is 16.4. The number of aromatic nitrogens is 6. The van der Waals surface area contributed by atoms with Gasteiger partial charge in [-0.25, -0.2) is 9.97 Å². The molecule has 4 aliphatic heterocycles. The Labute approximate surface area is 446 Å². The number of aryl methyl sites for hydroxylation is 4. The van der Waals surface area contributed by atoms with Crippen LogP contribution in [0.3, 0.4) is 0 Å². The highest BCUT2D eigenvalue weighted by molar-refractivity contribution is 6.33. The van der Waals surface area contributed by atoms with E-state index in [0.717, 1.165) is 137 Å². The molecule has 0 unspecified atom stereocenters. The number of hydrogen-bond acceptors (Lipinski definition) is 8. The van der Waals surface area contributed by atoms with Gasteiger partial charge in [0.25, 0.3) is 0 Å². The predicted molar refractivity (Wildman–Crippen MR) is 296 cm³/mol. The molecule has 2 aliphatic carbocycles. The topological polar surface area (TPSA) is 109 Å². The zero-order valence-electron chi connectivity index (χ0n) is 43.9. The average Bonchev–Trinajstić information content (AvgIpc) is 4.19. The smallest absolute Gasteiger partial charge is 0.245 e. The number of amides is 2. The van der Waals surface area contributed by atoms with Crippen molar-refractivity contribution >= 4 is 46.7 Å². The number of carbonyl (C=O) groups excluding carboxylic acids is 2. The maximum absolute atomic E-state index is 12.1. The average molecular weight is 1030 g/mol. The summed E-state index contributed by atoms with van der Waals surface area (Å²) in [5, 5.41) is 10.6. The standard InChI is InChI=1S/2C30H34ClN5O/c2*1-5-26(37)36-17-30(18-36)12-13-35(16-30)29-20(3)27(22-8-6-7-9-24(22)31)23-11-10-21(14-25(23)33-29)28-19(2)15-32-34(28)4/h2*5-9,15,21H,1,10-14,16-18H2,2-4H3/t2*21-/m10/s1. The molecule has 384 valence electrons. The van der Waals surface area contributed by atoms with Crippen molar-refractivity contribution < 1.29 is 9.59 Å². The molecule has 12 rings (SSSR count). The van der Waals surface area contributed by atoms with Gasteiger partial charge in [0, 0.05) is 133 Å². The third-order valence-corrected chi connectivity index (χ3v) is 18.2. The van der Waals surface area contributed by atoms with Gasteiger partial charge in [0.1, 0.15) is 11.6 Å². The summed E-state index contributed by atoms with van der Waals surface area (Å²) in [6.45, 7) is 23.0. The summed E-state index contributed by atoms with van der Waals surface area (Å²) in [5.74, 6) is 3.01. The van der Waals surface area contributed by atoms with Crippen LogP contribution in [0.2, 0.25) is 10.0 Å². The summed E-state index contributed by atoms with van der Waals surface area (Å²) in [5.41, 5.74) is 17.6. The number of pyridine rings is 2. The normalized spacial score (nSPS) is 20.2. The molecule has 74 heavy (non-hydrogen) atoms. The SMILES string of the molecule is C=CC(=O)N1CC2(CCN(c3nc4c(c(-c5ccccc5Cl)c3C)CC[C@@H](c3c(C)cnn3C)C4)C2)C1.C=CC(=O)N1CC2(CCN(c3nc4c(c(-c5ccccc5Cl)c3C)CC[C@H](c3c(C)cnn3C)C4)C2)C1. The molecule has 4 saturated heterocycles. The number of halogens is 2. The molecule has 12 nitrogen and oxygen atoms in total. The first-order valence-electron chi connectivity index (χ1n) is 26.4. The first kappa shape index (κ1) is 49.9. The Morgan fingerprint density at radius 1 is 0.608 bits per heavy atom. The van der Waals surface area contributed by atoms with E-state index in [-0.39, 0.29) is 22.6 Å². The maximum Gasteiger partial charge on any atom is 0.245 e. The van der Waals surface area contributed by atoms with Crippen molar-refractivity contribution in [2.45, 2.75) is 90.9 Å². The molecular weight excluding hydrogens is 964 g/mol. The minimum absolute atomic E-state index is 0.0321. The minimum Gasteiger partial charge on any atom is -0.356 e.